The maximum absolute atomic E-state index is 13.0. The van der Waals surface area contributed by atoms with Crippen molar-refractivity contribution >= 4 is 5.91 Å². The number of pyridine rings is 1. The van der Waals surface area contributed by atoms with Crippen molar-refractivity contribution in [2.75, 3.05) is 0 Å². The first-order valence-corrected chi connectivity index (χ1v) is 7.40. The number of hydrogen-bond acceptors (Lipinski definition) is 4. The molecule has 6 heteroatoms. The molecule has 0 saturated heterocycles. The van der Waals surface area contributed by atoms with Crippen molar-refractivity contribution in [1.29, 1.82) is 0 Å². The minimum absolute atomic E-state index is 0.248. The minimum atomic E-state index is -0.318. The first-order valence-electron chi connectivity index (χ1n) is 7.40. The zero-order valence-corrected chi connectivity index (χ0v) is 13.0. The molecule has 2 aromatic heterocycles. The van der Waals surface area contributed by atoms with E-state index >= 15 is 0 Å². The molecule has 0 aliphatic carbocycles. The number of amides is 1. The van der Waals surface area contributed by atoms with E-state index in [1.807, 2.05) is 12.1 Å². The molecule has 0 saturated carbocycles. The van der Waals surface area contributed by atoms with Crippen LogP contribution in [0.15, 0.2) is 55.0 Å². The number of aryl methyl sites for hydroxylation is 1. The number of aromatic nitrogens is 3. The highest BCUT2D eigenvalue weighted by Crippen LogP contribution is 2.16. The average Bonchev–Trinajstić information content (AvgIpc) is 2.61. The number of halogens is 1. The third kappa shape index (κ3) is 3.60. The van der Waals surface area contributed by atoms with Crippen molar-refractivity contribution in [3.63, 3.8) is 0 Å². The Morgan fingerprint density at radius 3 is 2.62 bits per heavy atom. The number of hydrogen-bond donors (Lipinski definition) is 1. The predicted molar refractivity (Wildman–Crippen MR) is 87.6 cm³/mol. The number of rotatable bonds is 4. The fourth-order valence-corrected chi connectivity index (χ4v) is 2.21. The van der Waals surface area contributed by atoms with Gasteiger partial charge in [-0.1, -0.05) is 6.07 Å². The van der Waals surface area contributed by atoms with Gasteiger partial charge in [0.15, 0.2) is 5.82 Å². The summed E-state index contributed by atoms with van der Waals surface area (Å²) in [6.45, 7) is 2.12. The van der Waals surface area contributed by atoms with Crippen LogP contribution in [0.1, 0.15) is 21.6 Å². The van der Waals surface area contributed by atoms with Crippen LogP contribution in [0, 0.1) is 12.7 Å². The lowest BCUT2D eigenvalue weighted by molar-refractivity contribution is 0.0949. The topological polar surface area (TPSA) is 67.8 Å². The number of benzene rings is 1. The van der Waals surface area contributed by atoms with Crippen molar-refractivity contribution < 1.29 is 9.18 Å². The molecule has 1 N–H and O–H groups in total. The monoisotopic (exact) mass is 322 g/mol. The first kappa shape index (κ1) is 15.7. The van der Waals surface area contributed by atoms with Crippen molar-refractivity contribution in [1.82, 2.24) is 20.3 Å². The molecule has 0 bridgehead atoms. The Labute approximate surface area is 138 Å². The maximum atomic E-state index is 13.0. The van der Waals surface area contributed by atoms with Crippen LogP contribution >= 0.6 is 0 Å². The summed E-state index contributed by atoms with van der Waals surface area (Å²) in [7, 11) is 0. The van der Waals surface area contributed by atoms with E-state index in [-0.39, 0.29) is 11.7 Å². The second-order valence-electron chi connectivity index (χ2n) is 5.24. The van der Waals surface area contributed by atoms with Crippen LogP contribution in [0.3, 0.4) is 0 Å². The Balaban J connectivity index is 1.74. The zero-order valence-electron chi connectivity index (χ0n) is 13.0. The summed E-state index contributed by atoms with van der Waals surface area (Å²) in [6.07, 6.45) is 4.86. The van der Waals surface area contributed by atoms with Gasteiger partial charge in [-0.25, -0.2) is 14.4 Å². The van der Waals surface area contributed by atoms with Gasteiger partial charge in [-0.2, -0.15) is 0 Å². The van der Waals surface area contributed by atoms with E-state index < -0.39 is 0 Å². The number of nitrogens with zero attached hydrogens (tertiary/aromatic N) is 3. The number of nitrogens with one attached hydrogen (secondary N) is 1. The van der Waals surface area contributed by atoms with Crippen LogP contribution in [-0.4, -0.2) is 20.9 Å². The highest BCUT2D eigenvalue weighted by Gasteiger charge is 2.12. The van der Waals surface area contributed by atoms with Crippen LogP contribution in [0.2, 0.25) is 0 Å². The molecule has 0 unspecified atom stereocenters. The summed E-state index contributed by atoms with van der Waals surface area (Å²) in [4.78, 5) is 24.8. The second kappa shape index (κ2) is 6.95. The summed E-state index contributed by atoms with van der Waals surface area (Å²) in [5.41, 5.74) is 2.58. The van der Waals surface area contributed by atoms with Crippen LogP contribution in [0.5, 0.6) is 0 Å². The molecular formula is C18H15FN4O. The molecular weight excluding hydrogens is 307 g/mol. The van der Waals surface area contributed by atoms with E-state index in [4.69, 9.17) is 0 Å². The van der Waals surface area contributed by atoms with E-state index in [2.05, 4.69) is 20.3 Å². The van der Waals surface area contributed by atoms with E-state index in [9.17, 15) is 9.18 Å². The summed E-state index contributed by atoms with van der Waals surface area (Å²) in [5, 5.41) is 2.81. The van der Waals surface area contributed by atoms with Gasteiger partial charge >= 0.3 is 0 Å². The summed E-state index contributed by atoms with van der Waals surface area (Å²) >= 11 is 0. The average molecular weight is 322 g/mol. The molecule has 1 amide bonds. The van der Waals surface area contributed by atoms with Gasteiger partial charge < -0.3 is 5.32 Å². The standard InChI is InChI=1S/C18H15FN4O/c1-12-16(18(24)22-10-13-3-2-8-20-9-13)11-21-17(23-12)14-4-6-15(19)7-5-14/h2-9,11H,10H2,1H3,(H,22,24). The molecule has 1 aromatic carbocycles. The lowest BCUT2D eigenvalue weighted by Crippen LogP contribution is -2.24. The fourth-order valence-electron chi connectivity index (χ4n) is 2.21. The molecule has 5 nitrogen and oxygen atoms in total. The molecule has 0 spiro atoms. The summed E-state index contributed by atoms with van der Waals surface area (Å²) in [6, 6.07) is 9.60. The Morgan fingerprint density at radius 2 is 1.96 bits per heavy atom. The quantitative estimate of drug-likeness (QED) is 0.802. The van der Waals surface area contributed by atoms with Crippen LogP contribution < -0.4 is 5.32 Å². The SMILES string of the molecule is Cc1nc(-c2ccc(F)cc2)ncc1C(=O)NCc1cccnc1. The van der Waals surface area contributed by atoms with E-state index in [0.717, 1.165) is 5.56 Å². The molecule has 0 fully saturated rings. The van der Waals surface area contributed by atoms with Gasteiger partial charge in [-0.3, -0.25) is 9.78 Å². The Bertz CT molecular complexity index is 851. The molecule has 0 aliphatic heterocycles. The molecule has 24 heavy (non-hydrogen) atoms. The van der Waals surface area contributed by atoms with Crippen LogP contribution in [-0.2, 0) is 6.54 Å². The van der Waals surface area contributed by atoms with Crippen molar-refractivity contribution in [2.45, 2.75) is 13.5 Å². The number of carbonyl (C=O) groups is 1. The Kier molecular flexibility index (Phi) is 4.56. The van der Waals surface area contributed by atoms with Gasteiger partial charge in [0, 0.05) is 30.7 Å². The van der Waals surface area contributed by atoms with Gasteiger partial charge in [-0.15, -0.1) is 0 Å². The third-order valence-corrected chi connectivity index (χ3v) is 3.50. The highest BCUT2D eigenvalue weighted by atomic mass is 19.1. The molecule has 3 aromatic rings. The van der Waals surface area contributed by atoms with Crippen molar-refractivity contribution in [2.24, 2.45) is 0 Å². The van der Waals surface area contributed by atoms with Crippen molar-refractivity contribution in [3.8, 4) is 11.4 Å². The van der Waals surface area contributed by atoms with Gasteiger partial charge in [0.1, 0.15) is 5.82 Å². The van der Waals surface area contributed by atoms with Crippen molar-refractivity contribution in [3.05, 3.63) is 77.6 Å². The normalized spacial score (nSPS) is 10.4. The molecule has 0 radical (unpaired) electrons. The smallest absolute Gasteiger partial charge is 0.254 e. The lowest BCUT2D eigenvalue weighted by Gasteiger charge is -2.08. The van der Waals surface area contributed by atoms with E-state index in [0.29, 0.717) is 29.2 Å². The third-order valence-electron chi connectivity index (χ3n) is 3.50. The van der Waals surface area contributed by atoms with E-state index in [1.54, 1.807) is 31.5 Å². The van der Waals surface area contributed by atoms with Gasteiger partial charge in [-0.05, 0) is 42.8 Å². The Hall–Kier alpha value is -3.15. The maximum Gasteiger partial charge on any atom is 0.254 e. The molecule has 0 atom stereocenters. The predicted octanol–water partition coefficient (Wildman–Crippen LogP) is 2.92. The van der Waals surface area contributed by atoms with Gasteiger partial charge in [0.05, 0.1) is 11.3 Å². The molecule has 120 valence electrons. The Morgan fingerprint density at radius 1 is 1.17 bits per heavy atom. The minimum Gasteiger partial charge on any atom is -0.348 e. The molecule has 2 heterocycles. The van der Waals surface area contributed by atoms with E-state index in [1.165, 1.54) is 18.3 Å². The van der Waals surface area contributed by atoms with Gasteiger partial charge in [0.25, 0.3) is 5.91 Å². The fraction of sp³-hybridized carbons (Fsp3) is 0.111. The molecule has 3 rings (SSSR count). The lowest BCUT2D eigenvalue weighted by atomic mass is 10.1. The summed E-state index contributed by atoms with van der Waals surface area (Å²) < 4.78 is 13.0. The molecule has 0 aliphatic rings. The second-order valence-corrected chi connectivity index (χ2v) is 5.24. The van der Waals surface area contributed by atoms with Gasteiger partial charge in [0.2, 0.25) is 0 Å². The zero-order chi connectivity index (χ0) is 16.9. The van der Waals surface area contributed by atoms with Crippen LogP contribution in [0.4, 0.5) is 4.39 Å². The number of carbonyl (C=O) groups excluding carboxylic acids is 1. The largest absolute Gasteiger partial charge is 0.348 e. The first-order chi connectivity index (χ1) is 11.6. The highest BCUT2D eigenvalue weighted by molar-refractivity contribution is 5.95. The van der Waals surface area contributed by atoms with Crippen LogP contribution in [0.25, 0.3) is 11.4 Å². The summed E-state index contributed by atoms with van der Waals surface area (Å²) in [5.74, 6) is -0.111.